The summed E-state index contributed by atoms with van der Waals surface area (Å²) in [5.41, 5.74) is -3.51. The van der Waals surface area contributed by atoms with Crippen LogP contribution in [-0.4, -0.2) is 60.2 Å². The fraction of sp³-hybridized carbons (Fsp3) is 0.556. The zero-order valence-electron chi connectivity index (χ0n) is 21.4. The van der Waals surface area contributed by atoms with Crippen molar-refractivity contribution in [3.63, 3.8) is 0 Å². The normalized spacial score (nSPS) is 31.8. The maximum atomic E-state index is 14.8. The average molecular weight is 553 g/mol. The van der Waals surface area contributed by atoms with Crippen molar-refractivity contribution in [1.29, 1.82) is 0 Å². The van der Waals surface area contributed by atoms with Gasteiger partial charge in [-0.25, -0.2) is 22.0 Å². The number of halogens is 5. The van der Waals surface area contributed by atoms with Crippen LogP contribution in [0.15, 0.2) is 35.3 Å². The number of rotatable bonds is 8. The van der Waals surface area contributed by atoms with Crippen molar-refractivity contribution in [2.45, 2.75) is 55.8 Å². The number of fused-ring (bicyclic) bond motifs is 2. The molecule has 210 valence electrons. The second-order valence-electron chi connectivity index (χ2n) is 11.5. The molecule has 2 aliphatic carbocycles. The Labute approximate surface area is 221 Å². The van der Waals surface area contributed by atoms with Crippen LogP contribution < -0.4 is 16.2 Å². The van der Waals surface area contributed by atoms with Gasteiger partial charge in [-0.1, -0.05) is 18.2 Å². The number of hydrogen-bond donors (Lipinski definition) is 2. The lowest BCUT2D eigenvalue weighted by atomic mass is 9.68. The monoisotopic (exact) mass is 552 g/mol. The lowest BCUT2D eigenvalue weighted by Gasteiger charge is -2.44. The molecule has 1 unspecified atom stereocenters. The first-order chi connectivity index (χ1) is 18.4. The third-order valence-electron chi connectivity index (χ3n) is 8.90. The third kappa shape index (κ3) is 4.14. The molecule has 1 aromatic carbocycles. The third-order valence-corrected chi connectivity index (χ3v) is 8.90. The molecule has 4 heterocycles. The predicted molar refractivity (Wildman–Crippen MR) is 132 cm³/mol. The van der Waals surface area contributed by atoms with Gasteiger partial charge in [-0.2, -0.15) is 0 Å². The minimum absolute atomic E-state index is 0.0491. The quantitative estimate of drug-likeness (QED) is 0.486. The second kappa shape index (κ2) is 9.02. The van der Waals surface area contributed by atoms with Crippen LogP contribution in [0, 0.1) is 17.7 Å². The summed E-state index contributed by atoms with van der Waals surface area (Å²) >= 11 is 0. The van der Waals surface area contributed by atoms with Crippen molar-refractivity contribution in [2.75, 3.05) is 32.1 Å². The van der Waals surface area contributed by atoms with Gasteiger partial charge < -0.3 is 24.8 Å². The number of nitrogens with zero attached hydrogens (tertiary/aromatic N) is 2. The number of anilines is 1. The van der Waals surface area contributed by atoms with E-state index in [0.717, 1.165) is 19.2 Å². The first-order valence-corrected chi connectivity index (χ1v) is 13.0. The number of piperidine rings is 1. The van der Waals surface area contributed by atoms with Crippen molar-refractivity contribution in [2.24, 2.45) is 11.8 Å². The Morgan fingerprint density at radius 2 is 1.79 bits per heavy atom. The number of nitrogens with one attached hydrogen (secondary N) is 2. The van der Waals surface area contributed by atoms with Gasteiger partial charge in [0.05, 0.1) is 35.0 Å². The standard InChI is InChI=1S/C27H29F5N4O3/c1-13(14-4-3-5-15(21(14)28)23(29)30)33-24(38)18-9-36(26-10-27(11-26,25(31)32)39-12-26)20(37)6-19(18)34-22-16-7-35(2)8-17(16)22/h3-6,9,13,16-17,22-23,25,34H,7-8,10-12H2,1-2H3,(H,33,38)/t13-,16-,17+,22?,26?,27?/m1/s1. The molecule has 5 aliphatic rings. The van der Waals surface area contributed by atoms with Gasteiger partial charge in [-0.15, -0.1) is 0 Å². The van der Waals surface area contributed by atoms with Gasteiger partial charge in [0, 0.05) is 49.8 Å². The lowest BCUT2D eigenvalue weighted by molar-refractivity contribution is -0.127. The Bertz CT molecular complexity index is 1360. The minimum atomic E-state index is -3.01. The molecule has 2 saturated carbocycles. The molecule has 2 bridgehead atoms. The van der Waals surface area contributed by atoms with Crippen LogP contribution in [0.3, 0.4) is 0 Å². The van der Waals surface area contributed by atoms with Crippen LogP contribution in [0.1, 0.15) is 53.7 Å². The molecule has 12 heteroatoms. The number of alkyl halides is 4. The molecule has 2 N–H and O–H groups in total. The Hall–Kier alpha value is -2.99. The summed E-state index contributed by atoms with van der Waals surface area (Å²) in [5.74, 6) is -1.01. The van der Waals surface area contributed by atoms with Gasteiger partial charge in [0.15, 0.2) is 0 Å². The number of carbonyl (C=O) groups excluding carboxylic acids is 1. The number of pyridine rings is 1. The Morgan fingerprint density at radius 1 is 1.13 bits per heavy atom. The van der Waals surface area contributed by atoms with Crippen LogP contribution in [0.2, 0.25) is 0 Å². The van der Waals surface area contributed by atoms with E-state index in [1.807, 2.05) is 7.05 Å². The molecular weight excluding hydrogens is 523 g/mol. The minimum Gasteiger partial charge on any atom is -0.381 e. The van der Waals surface area contributed by atoms with Crippen molar-refractivity contribution < 1.29 is 31.5 Å². The summed E-state index contributed by atoms with van der Waals surface area (Å²) in [7, 11) is 2.02. The maximum Gasteiger partial charge on any atom is 0.267 e. The van der Waals surface area contributed by atoms with E-state index >= 15 is 0 Å². The summed E-state index contributed by atoms with van der Waals surface area (Å²) in [6.07, 6.45) is -4.45. The van der Waals surface area contributed by atoms with Gasteiger partial charge in [0.25, 0.3) is 24.3 Å². The summed E-state index contributed by atoms with van der Waals surface area (Å²) in [4.78, 5) is 29.0. The highest BCUT2D eigenvalue weighted by Gasteiger charge is 2.68. The molecule has 7 nitrogen and oxygen atoms in total. The largest absolute Gasteiger partial charge is 0.381 e. The molecule has 3 aliphatic heterocycles. The molecule has 7 rings (SSSR count). The topological polar surface area (TPSA) is 75.6 Å². The average Bonchev–Trinajstić information content (AvgIpc) is 3.23. The summed E-state index contributed by atoms with van der Waals surface area (Å²) in [5, 5.41) is 5.98. The number of benzene rings is 1. The van der Waals surface area contributed by atoms with E-state index in [0.29, 0.717) is 17.5 Å². The Morgan fingerprint density at radius 3 is 2.41 bits per heavy atom. The molecule has 39 heavy (non-hydrogen) atoms. The van der Waals surface area contributed by atoms with Crippen LogP contribution in [0.4, 0.5) is 27.6 Å². The highest BCUT2D eigenvalue weighted by Crippen LogP contribution is 2.58. The van der Waals surface area contributed by atoms with E-state index in [-0.39, 0.29) is 36.6 Å². The predicted octanol–water partition coefficient (Wildman–Crippen LogP) is 3.91. The first kappa shape index (κ1) is 26.2. The number of aromatic nitrogens is 1. The van der Waals surface area contributed by atoms with E-state index in [1.54, 1.807) is 0 Å². The van der Waals surface area contributed by atoms with E-state index in [4.69, 9.17) is 4.74 Å². The van der Waals surface area contributed by atoms with Crippen LogP contribution in [0.5, 0.6) is 0 Å². The fourth-order valence-electron chi connectivity index (χ4n) is 6.76. The smallest absolute Gasteiger partial charge is 0.267 e. The van der Waals surface area contributed by atoms with Crippen molar-refractivity contribution >= 4 is 11.6 Å². The van der Waals surface area contributed by atoms with Crippen molar-refractivity contribution in [3.05, 3.63) is 63.3 Å². The van der Waals surface area contributed by atoms with Gasteiger partial charge in [-0.3, -0.25) is 9.59 Å². The maximum absolute atomic E-state index is 14.8. The molecule has 5 fully saturated rings. The van der Waals surface area contributed by atoms with Gasteiger partial charge in [-0.05, 0) is 25.8 Å². The Kier molecular flexibility index (Phi) is 6.07. The summed E-state index contributed by atoms with van der Waals surface area (Å²) in [6.45, 7) is 3.16. The van der Waals surface area contributed by atoms with Gasteiger partial charge in [0.1, 0.15) is 11.4 Å². The van der Waals surface area contributed by atoms with Crippen LogP contribution in [-0.2, 0) is 10.3 Å². The molecule has 1 aromatic heterocycles. The fourth-order valence-corrected chi connectivity index (χ4v) is 6.76. The van der Waals surface area contributed by atoms with E-state index in [9.17, 15) is 31.5 Å². The van der Waals surface area contributed by atoms with Crippen LogP contribution in [0.25, 0.3) is 0 Å². The number of ether oxygens (including phenoxy) is 1. The van der Waals surface area contributed by atoms with Crippen LogP contribution >= 0.6 is 0 Å². The molecule has 4 atom stereocenters. The zero-order valence-corrected chi connectivity index (χ0v) is 21.4. The first-order valence-electron chi connectivity index (χ1n) is 13.0. The number of amides is 1. The van der Waals surface area contributed by atoms with E-state index in [2.05, 4.69) is 15.5 Å². The van der Waals surface area contributed by atoms with E-state index in [1.165, 1.54) is 35.9 Å². The van der Waals surface area contributed by atoms with Crippen molar-refractivity contribution in [3.8, 4) is 0 Å². The summed E-state index contributed by atoms with van der Waals surface area (Å²) in [6, 6.07) is 4.00. The van der Waals surface area contributed by atoms with E-state index < -0.39 is 52.9 Å². The van der Waals surface area contributed by atoms with Crippen molar-refractivity contribution in [1.82, 2.24) is 14.8 Å². The van der Waals surface area contributed by atoms with Gasteiger partial charge >= 0.3 is 0 Å². The summed E-state index contributed by atoms with van der Waals surface area (Å²) < 4.78 is 75.0. The molecule has 1 amide bonds. The highest BCUT2D eigenvalue weighted by molar-refractivity contribution is 5.99. The molecule has 2 aromatic rings. The SMILES string of the molecule is C[C@@H](NC(=O)c1cn(C23COC(C(F)F)(C2)C3)c(=O)cc1NC1[C@H]2CN(C)C[C@@H]12)c1cccc(C(F)F)c1F. The number of carbonyl (C=O) groups is 1. The zero-order chi connectivity index (χ0) is 27.9. The number of likely N-dealkylation sites (tertiary alicyclic amines) is 1. The Balaban J connectivity index is 1.31. The highest BCUT2D eigenvalue weighted by atomic mass is 19.3. The number of hydrogen-bond acceptors (Lipinski definition) is 5. The second-order valence-corrected chi connectivity index (χ2v) is 11.5. The lowest BCUT2D eigenvalue weighted by Crippen LogP contribution is -2.57. The molecular formula is C27H29F5N4O3. The molecule has 3 saturated heterocycles. The molecule has 0 spiro atoms. The molecule has 0 radical (unpaired) electrons. The van der Waals surface area contributed by atoms with Gasteiger partial charge in [0.2, 0.25) is 0 Å².